The molecule has 0 bridgehead atoms. The zero-order chi connectivity index (χ0) is 11.4. The molecule has 84 valence electrons. The number of nitrogens with one attached hydrogen (secondary N) is 1. The van der Waals surface area contributed by atoms with Crippen molar-refractivity contribution >= 4 is 18.0 Å². The number of benzene rings is 1. The van der Waals surface area contributed by atoms with E-state index < -0.39 is 0 Å². The highest BCUT2D eigenvalue weighted by Gasteiger charge is 2.18. The van der Waals surface area contributed by atoms with Crippen molar-refractivity contribution in [1.29, 1.82) is 0 Å². The van der Waals surface area contributed by atoms with Gasteiger partial charge in [0, 0.05) is 5.69 Å². The van der Waals surface area contributed by atoms with Crippen LogP contribution in [0.3, 0.4) is 0 Å². The van der Waals surface area contributed by atoms with Crippen molar-refractivity contribution in [3.05, 3.63) is 29.8 Å². The second-order valence-electron chi connectivity index (χ2n) is 3.73. The van der Waals surface area contributed by atoms with Gasteiger partial charge in [0.1, 0.15) is 0 Å². The molecule has 0 aromatic heterocycles. The van der Waals surface area contributed by atoms with Gasteiger partial charge in [0.05, 0.1) is 25.1 Å². The van der Waals surface area contributed by atoms with Gasteiger partial charge in [-0.3, -0.25) is 4.99 Å². The van der Waals surface area contributed by atoms with Crippen molar-refractivity contribution in [3.63, 3.8) is 0 Å². The molecule has 1 aliphatic carbocycles. The fourth-order valence-electron chi connectivity index (χ4n) is 1.29. The molecular weight excluding hydrogens is 204 g/mol. The maximum Gasteiger partial charge on any atom is 0.337 e. The van der Waals surface area contributed by atoms with E-state index in [9.17, 15) is 4.79 Å². The minimum atomic E-state index is -0.331. The van der Waals surface area contributed by atoms with E-state index in [1.807, 2.05) is 6.07 Å². The maximum atomic E-state index is 11.3. The molecule has 0 atom stereocenters. The van der Waals surface area contributed by atoms with E-state index in [4.69, 9.17) is 0 Å². The predicted molar refractivity (Wildman–Crippen MR) is 62.9 cm³/mol. The van der Waals surface area contributed by atoms with Crippen molar-refractivity contribution in [2.45, 2.75) is 18.9 Å². The van der Waals surface area contributed by atoms with E-state index >= 15 is 0 Å². The summed E-state index contributed by atoms with van der Waals surface area (Å²) < 4.78 is 4.64. The SMILES string of the molecule is COC(=O)c1cccc(N/C=N/C2CC2)c1. The van der Waals surface area contributed by atoms with Crippen molar-refractivity contribution in [2.24, 2.45) is 4.99 Å². The number of carbonyl (C=O) groups excluding carboxylic acids is 1. The Balaban J connectivity index is 2.00. The van der Waals surface area contributed by atoms with Crippen LogP contribution in [0.4, 0.5) is 5.69 Å². The lowest BCUT2D eigenvalue weighted by molar-refractivity contribution is 0.0601. The van der Waals surface area contributed by atoms with Gasteiger partial charge in [-0.25, -0.2) is 4.79 Å². The normalized spacial score (nSPS) is 15.1. The van der Waals surface area contributed by atoms with Crippen LogP contribution in [0, 0.1) is 0 Å². The zero-order valence-electron chi connectivity index (χ0n) is 9.14. The summed E-state index contributed by atoms with van der Waals surface area (Å²) in [5.41, 5.74) is 1.37. The highest BCUT2D eigenvalue weighted by atomic mass is 16.5. The van der Waals surface area contributed by atoms with Gasteiger partial charge in [-0.2, -0.15) is 0 Å². The van der Waals surface area contributed by atoms with Gasteiger partial charge in [0.25, 0.3) is 0 Å². The lowest BCUT2D eigenvalue weighted by atomic mass is 10.2. The number of hydrogen-bond acceptors (Lipinski definition) is 3. The smallest absolute Gasteiger partial charge is 0.337 e. The van der Waals surface area contributed by atoms with Gasteiger partial charge in [-0.15, -0.1) is 0 Å². The number of nitrogens with zero attached hydrogens (tertiary/aromatic N) is 1. The fraction of sp³-hybridized carbons (Fsp3) is 0.333. The average Bonchev–Trinajstić information content (AvgIpc) is 3.12. The Morgan fingerprint density at radius 3 is 3.06 bits per heavy atom. The molecule has 1 aromatic carbocycles. The molecule has 4 heteroatoms. The van der Waals surface area contributed by atoms with Crippen LogP contribution < -0.4 is 5.32 Å². The highest BCUT2D eigenvalue weighted by molar-refractivity contribution is 5.91. The summed E-state index contributed by atoms with van der Waals surface area (Å²) in [7, 11) is 1.37. The van der Waals surface area contributed by atoms with Crippen LogP contribution in [0.15, 0.2) is 29.3 Å². The van der Waals surface area contributed by atoms with Crippen LogP contribution in [0.1, 0.15) is 23.2 Å². The minimum Gasteiger partial charge on any atom is -0.465 e. The number of esters is 1. The van der Waals surface area contributed by atoms with Crippen molar-refractivity contribution in [2.75, 3.05) is 12.4 Å². The molecule has 0 spiro atoms. The fourth-order valence-corrected chi connectivity index (χ4v) is 1.29. The number of hydrogen-bond donors (Lipinski definition) is 1. The van der Waals surface area contributed by atoms with Crippen LogP contribution in [-0.4, -0.2) is 25.5 Å². The average molecular weight is 218 g/mol. The minimum absolute atomic E-state index is 0.331. The van der Waals surface area contributed by atoms with Crippen molar-refractivity contribution < 1.29 is 9.53 Å². The number of methoxy groups -OCH3 is 1. The number of rotatable bonds is 4. The van der Waals surface area contributed by atoms with Gasteiger partial charge in [-0.05, 0) is 31.0 Å². The number of carbonyl (C=O) groups is 1. The van der Waals surface area contributed by atoms with Gasteiger partial charge in [-0.1, -0.05) is 6.07 Å². The first-order valence-corrected chi connectivity index (χ1v) is 5.26. The first-order valence-electron chi connectivity index (χ1n) is 5.26. The summed E-state index contributed by atoms with van der Waals surface area (Å²) in [6.07, 6.45) is 4.05. The molecule has 0 unspecified atom stereocenters. The third-order valence-corrected chi connectivity index (χ3v) is 2.35. The molecule has 1 aliphatic rings. The highest BCUT2D eigenvalue weighted by Crippen LogP contribution is 2.22. The Labute approximate surface area is 94.3 Å². The molecule has 16 heavy (non-hydrogen) atoms. The van der Waals surface area contributed by atoms with Gasteiger partial charge in [0.2, 0.25) is 0 Å². The summed E-state index contributed by atoms with van der Waals surface area (Å²) in [6.45, 7) is 0. The molecule has 0 amide bonds. The molecule has 0 saturated heterocycles. The summed E-state index contributed by atoms with van der Waals surface area (Å²) in [6, 6.07) is 7.64. The first kappa shape index (κ1) is 10.7. The van der Waals surface area contributed by atoms with E-state index in [0.29, 0.717) is 11.6 Å². The lowest BCUT2D eigenvalue weighted by Gasteiger charge is -2.03. The molecule has 0 aliphatic heterocycles. The Morgan fingerprint density at radius 1 is 1.56 bits per heavy atom. The van der Waals surface area contributed by atoms with Gasteiger partial charge >= 0.3 is 5.97 Å². The topological polar surface area (TPSA) is 50.7 Å². The summed E-state index contributed by atoms with van der Waals surface area (Å²) in [5, 5.41) is 3.04. The van der Waals surface area contributed by atoms with E-state index in [-0.39, 0.29) is 5.97 Å². The Hall–Kier alpha value is -1.84. The van der Waals surface area contributed by atoms with Crippen LogP contribution in [0.5, 0.6) is 0 Å². The van der Waals surface area contributed by atoms with E-state index in [2.05, 4.69) is 15.0 Å². The molecule has 4 nitrogen and oxygen atoms in total. The number of ether oxygens (including phenoxy) is 1. The monoisotopic (exact) mass is 218 g/mol. The molecule has 2 rings (SSSR count). The zero-order valence-corrected chi connectivity index (χ0v) is 9.14. The van der Waals surface area contributed by atoms with Gasteiger partial charge in [0.15, 0.2) is 0 Å². The van der Waals surface area contributed by atoms with Crippen molar-refractivity contribution in [1.82, 2.24) is 0 Å². The Bertz CT molecular complexity index is 411. The molecule has 0 radical (unpaired) electrons. The molecule has 1 aromatic rings. The van der Waals surface area contributed by atoms with Crippen molar-refractivity contribution in [3.8, 4) is 0 Å². The third kappa shape index (κ3) is 2.82. The standard InChI is InChI=1S/C12H14N2O2/c1-16-12(15)9-3-2-4-11(7-9)14-8-13-10-5-6-10/h2-4,7-8,10H,5-6H2,1H3,(H,13,14). The molecule has 1 saturated carbocycles. The predicted octanol–water partition coefficient (Wildman–Crippen LogP) is 2.08. The Morgan fingerprint density at radius 2 is 2.38 bits per heavy atom. The molecular formula is C12H14N2O2. The second kappa shape index (κ2) is 4.79. The maximum absolute atomic E-state index is 11.3. The molecule has 1 N–H and O–H groups in total. The molecule has 1 fully saturated rings. The Kier molecular flexibility index (Phi) is 3.19. The number of anilines is 1. The summed E-state index contributed by atoms with van der Waals surface area (Å²) in [5.74, 6) is -0.331. The molecule has 0 heterocycles. The van der Waals surface area contributed by atoms with Crippen LogP contribution in [0.25, 0.3) is 0 Å². The summed E-state index contributed by atoms with van der Waals surface area (Å²) >= 11 is 0. The lowest BCUT2D eigenvalue weighted by Crippen LogP contribution is -2.02. The van der Waals surface area contributed by atoms with Crippen LogP contribution in [-0.2, 0) is 4.74 Å². The quantitative estimate of drug-likeness (QED) is 0.478. The number of aliphatic imine (C=N–C) groups is 1. The first-order chi connectivity index (χ1) is 7.79. The van der Waals surface area contributed by atoms with E-state index in [1.54, 1.807) is 24.5 Å². The van der Waals surface area contributed by atoms with Crippen LogP contribution >= 0.6 is 0 Å². The van der Waals surface area contributed by atoms with Gasteiger partial charge < -0.3 is 10.1 Å². The summed E-state index contributed by atoms with van der Waals surface area (Å²) in [4.78, 5) is 15.5. The van der Waals surface area contributed by atoms with E-state index in [0.717, 1.165) is 5.69 Å². The third-order valence-electron chi connectivity index (χ3n) is 2.35. The largest absolute Gasteiger partial charge is 0.465 e. The second-order valence-corrected chi connectivity index (χ2v) is 3.73. The van der Waals surface area contributed by atoms with Crippen LogP contribution in [0.2, 0.25) is 0 Å². The van der Waals surface area contributed by atoms with E-state index in [1.165, 1.54) is 20.0 Å².